The van der Waals surface area contributed by atoms with Gasteiger partial charge in [-0.05, 0) is 31.8 Å². The van der Waals surface area contributed by atoms with Gasteiger partial charge in [-0.15, -0.1) is 0 Å². The number of carbonyl (C=O) groups is 2. The molecular formula is C13H25N3O3. The molecule has 0 radical (unpaired) electrons. The van der Waals surface area contributed by atoms with Gasteiger partial charge in [-0.2, -0.15) is 0 Å². The summed E-state index contributed by atoms with van der Waals surface area (Å²) in [6.45, 7) is 8.10. The molecule has 0 aromatic heterocycles. The van der Waals surface area contributed by atoms with Crippen molar-refractivity contribution in [3.8, 4) is 0 Å². The van der Waals surface area contributed by atoms with Crippen molar-refractivity contribution in [2.75, 3.05) is 39.3 Å². The number of hydrogen-bond donors (Lipinski definition) is 2. The van der Waals surface area contributed by atoms with E-state index in [1.165, 1.54) is 4.90 Å². The highest BCUT2D eigenvalue weighted by Gasteiger charge is 2.22. The van der Waals surface area contributed by atoms with E-state index >= 15 is 0 Å². The standard InChI is InChI=1S/C13H25N3O3/c1-3-6-16(10-12(17)18)13(19)14-8-11-5-7-15(4-2)9-11/h11H,3-10H2,1-2H3,(H,14,19)(H,17,18). The second kappa shape index (κ2) is 7.99. The van der Waals surface area contributed by atoms with E-state index in [1.54, 1.807) is 0 Å². The minimum Gasteiger partial charge on any atom is -0.480 e. The number of amides is 2. The average molecular weight is 271 g/mol. The molecule has 19 heavy (non-hydrogen) atoms. The highest BCUT2D eigenvalue weighted by atomic mass is 16.4. The van der Waals surface area contributed by atoms with E-state index in [2.05, 4.69) is 17.1 Å². The van der Waals surface area contributed by atoms with Crippen LogP contribution in [0.5, 0.6) is 0 Å². The SMILES string of the molecule is CCCN(CC(=O)O)C(=O)NCC1CCN(CC)C1. The van der Waals surface area contributed by atoms with E-state index in [9.17, 15) is 9.59 Å². The number of nitrogens with zero attached hydrogens (tertiary/aromatic N) is 2. The van der Waals surface area contributed by atoms with Crippen LogP contribution in [-0.4, -0.2) is 66.2 Å². The molecule has 1 unspecified atom stereocenters. The number of hydrogen-bond acceptors (Lipinski definition) is 3. The van der Waals surface area contributed by atoms with Crippen molar-refractivity contribution in [2.45, 2.75) is 26.7 Å². The third-order valence-corrected chi connectivity index (χ3v) is 3.47. The third kappa shape index (κ3) is 5.46. The molecule has 6 heteroatoms. The minimum atomic E-state index is -0.971. The van der Waals surface area contributed by atoms with Crippen molar-refractivity contribution in [1.82, 2.24) is 15.1 Å². The Morgan fingerprint density at radius 1 is 1.42 bits per heavy atom. The summed E-state index contributed by atoms with van der Waals surface area (Å²) < 4.78 is 0. The van der Waals surface area contributed by atoms with E-state index in [-0.39, 0.29) is 12.6 Å². The molecule has 0 bridgehead atoms. The molecule has 1 atom stereocenters. The first-order valence-corrected chi connectivity index (χ1v) is 7.03. The van der Waals surface area contributed by atoms with Gasteiger partial charge in [0.1, 0.15) is 6.54 Å². The number of rotatable bonds is 7. The van der Waals surface area contributed by atoms with Gasteiger partial charge in [0.2, 0.25) is 0 Å². The molecule has 1 fully saturated rings. The van der Waals surface area contributed by atoms with Crippen LogP contribution in [0.2, 0.25) is 0 Å². The molecule has 0 spiro atoms. The largest absolute Gasteiger partial charge is 0.480 e. The number of aliphatic carboxylic acids is 1. The molecule has 2 N–H and O–H groups in total. The smallest absolute Gasteiger partial charge is 0.323 e. The van der Waals surface area contributed by atoms with Crippen LogP contribution in [0.15, 0.2) is 0 Å². The summed E-state index contributed by atoms with van der Waals surface area (Å²) in [5.74, 6) is -0.487. The number of carbonyl (C=O) groups excluding carboxylic acids is 1. The zero-order chi connectivity index (χ0) is 14.3. The van der Waals surface area contributed by atoms with E-state index in [0.717, 1.165) is 32.5 Å². The summed E-state index contributed by atoms with van der Waals surface area (Å²) in [6.07, 6.45) is 1.86. The molecule has 0 aromatic carbocycles. The lowest BCUT2D eigenvalue weighted by Gasteiger charge is -2.21. The second-order valence-electron chi connectivity index (χ2n) is 5.05. The first-order chi connectivity index (χ1) is 9.06. The summed E-state index contributed by atoms with van der Waals surface area (Å²) in [7, 11) is 0. The number of nitrogens with one attached hydrogen (secondary N) is 1. The highest BCUT2D eigenvalue weighted by molar-refractivity contribution is 5.80. The zero-order valence-electron chi connectivity index (χ0n) is 11.9. The first kappa shape index (κ1) is 15.8. The lowest BCUT2D eigenvalue weighted by molar-refractivity contribution is -0.137. The number of urea groups is 1. The average Bonchev–Trinajstić information content (AvgIpc) is 2.83. The van der Waals surface area contributed by atoms with Crippen molar-refractivity contribution in [1.29, 1.82) is 0 Å². The molecular weight excluding hydrogens is 246 g/mol. The van der Waals surface area contributed by atoms with Crippen LogP contribution in [0.1, 0.15) is 26.7 Å². The quantitative estimate of drug-likeness (QED) is 0.719. The van der Waals surface area contributed by atoms with Gasteiger partial charge < -0.3 is 20.2 Å². The third-order valence-electron chi connectivity index (χ3n) is 3.47. The molecule has 2 amide bonds. The van der Waals surface area contributed by atoms with Crippen molar-refractivity contribution < 1.29 is 14.7 Å². The Kier molecular flexibility index (Phi) is 6.62. The molecule has 6 nitrogen and oxygen atoms in total. The normalized spacial score (nSPS) is 19.4. The summed E-state index contributed by atoms with van der Waals surface area (Å²) in [5, 5.41) is 11.6. The van der Waals surface area contributed by atoms with Crippen molar-refractivity contribution >= 4 is 12.0 Å². The van der Waals surface area contributed by atoms with Gasteiger partial charge in [0, 0.05) is 19.6 Å². The number of likely N-dealkylation sites (tertiary alicyclic amines) is 1. The first-order valence-electron chi connectivity index (χ1n) is 7.03. The summed E-state index contributed by atoms with van der Waals surface area (Å²) in [4.78, 5) is 26.3. The zero-order valence-corrected chi connectivity index (χ0v) is 11.9. The van der Waals surface area contributed by atoms with Crippen molar-refractivity contribution in [2.24, 2.45) is 5.92 Å². The van der Waals surface area contributed by atoms with E-state index in [0.29, 0.717) is 19.0 Å². The van der Waals surface area contributed by atoms with Gasteiger partial charge in [-0.3, -0.25) is 4.79 Å². The molecule has 1 heterocycles. The fourth-order valence-corrected chi connectivity index (χ4v) is 2.40. The molecule has 110 valence electrons. The second-order valence-corrected chi connectivity index (χ2v) is 5.05. The predicted octanol–water partition coefficient (Wildman–Crippen LogP) is 0.834. The molecule has 0 aliphatic carbocycles. The molecule has 1 rings (SSSR count). The van der Waals surface area contributed by atoms with E-state index in [1.807, 2.05) is 6.92 Å². The Bertz CT molecular complexity index is 310. The maximum Gasteiger partial charge on any atom is 0.323 e. The number of carboxylic acids is 1. The maximum absolute atomic E-state index is 11.9. The Hall–Kier alpha value is -1.30. The van der Waals surface area contributed by atoms with Crippen LogP contribution in [0.4, 0.5) is 4.79 Å². The molecule has 1 aliphatic rings. The van der Waals surface area contributed by atoms with Crippen molar-refractivity contribution in [3.63, 3.8) is 0 Å². The van der Waals surface area contributed by atoms with Crippen LogP contribution in [-0.2, 0) is 4.79 Å². The summed E-state index contributed by atoms with van der Waals surface area (Å²) in [6, 6.07) is -0.265. The van der Waals surface area contributed by atoms with Gasteiger partial charge in [0.15, 0.2) is 0 Å². The molecule has 0 saturated carbocycles. The minimum absolute atomic E-state index is 0.231. The molecule has 0 aromatic rings. The van der Waals surface area contributed by atoms with Gasteiger partial charge in [-0.25, -0.2) is 4.79 Å². The van der Waals surface area contributed by atoms with Crippen LogP contribution < -0.4 is 5.32 Å². The van der Waals surface area contributed by atoms with E-state index < -0.39 is 5.97 Å². The lowest BCUT2D eigenvalue weighted by Crippen LogP contribution is -2.44. The number of carboxylic acid groups (broad SMARTS) is 1. The van der Waals surface area contributed by atoms with Gasteiger partial charge in [0.25, 0.3) is 0 Å². The lowest BCUT2D eigenvalue weighted by atomic mass is 10.1. The van der Waals surface area contributed by atoms with Crippen LogP contribution in [0.25, 0.3) is 0 Å². The van der Waals surface area contributed by atoms with Gasteiger partial charge in [-0.1, -0.05) is 13.8 Å². The molecule has 1 aliphatic heterocycles. The maximum atomic E-state index is 11.9. The van der Waals surface area contributed by atoms with Gasteiger partial charge >= 0.3 is 12.0 Å². The predicted molar refractivity (Wildman–Crippen MR) is 73.1 cm³/mol. The topological polar surface area (TPSA) is 72.9 Å². The Morgan fingerprint density at radius 3 is 2.68 bits per heavy atom. The summed E-state index contributed by atoms with van der Waals surface area (Å²) in [5.41, 5.74) is 0. The summed E-state index contributed by atoms with van der Waals surface area (Å²) >= 11 is 0. The van der Waals surface area contributed by atoms with Crippen LogP contribution >= 0.6 is 0 Å². The van der Waals surface area contributed by atoms with Crippen LogP contribution in [0.3, 0.4) is 0 Å². The van der Waals surface area contributed by atoms with E-state index in [4.69, 9.17) is 5.11 Å². The highest BCUT2D eigenvalue weighted by Crippen LogP contribution is 2.14. The van der Waals surface area contributed by atoms with Crippen molar-refractivity contribution in [3.05, 3.63) is 0 Å². The van der Waals surface area contributed by atoms with Crippen LogP contribution in [0, 0.1) is 5.92 Å². The molecule has 1 saturated heterocycles. The fourth-order valence-electron chi connectivity index (χ4n) is 2.40. The Balaban J connectivity index is 2.33. The van der Waals surface area contributed by atoms with Gasteiger partial charge in [0.05, 0.1) is 0 Å². The Labute approximate surface area is 114 Å². The Morgan fingerprint density at radius 2 is 2.16 bits per heavy atom. The fraction of sp³-hybridized carbons (Fsp3) is 0.846. The monoisotopic (exact) mass is 271 g/mol.